The molecule has 3 heterocycles. The SMILES string of the molecule is NCC1(N2CCN(CC(F)(F)F)CC2)CCN2CCC1C2. The van der Waals surface area contributed by atoms with Gasteiger partial charge in [-0.1, -0.05) is 0 Å². The van der Waals surface area contributed by atoms with Crippen LogP contribution in [-0.4, -0.2) is 85.3 Å². The maximum atomic E-state index is 12.5. The zero-order valence-corrected chi connectivity index (χ0v) is 12.4. The molecule has 7 heteroatoms. The first-order valence-electron chi connectivity index (χ1n) is 7.89. The van der Waals surface area contributed by atoms with Crippen LogP contribution >= 0.6 is 0 Å². The van der Waals surface area contributed by atoms with Gasteiger partial charge in [0.05, 0.1) is 6.54 Å². The van der Waals surface area contributed by atoms with Crippen molar-refractivity contribution in [3.8, 4) is 0 Å². The van der Waals surface area contributed by atoms with E-state index in [4.69, 9.17) is 5.73 Å². The molecule has 122 valence electrons. The van der Waals surface area contributed by atoms with Crippen molar-refractivity contribution in [2.75, 3.05) is 58.9 Å². The second kappa shape index (κ2) is 5.68. The van der Waals surface area contributed by atoms with E-state index in [0.717, 1.165) is 26.1 Å². The van der Waals surface area contributed by atoms with Gasteiger partial charge in [-0.25, -0.2) is 0 Å². The Balaban J connectivity index is 1.62. The summed E-state index contributed by atoms with van der Waals surface area (Å²) < 4.78 is 37.4. The normalized spacial score (nSPS) is 38.9. The van der Waals surface area contributed by atoms with Crippen LogP contribution in [0.2, 0.25) is 0 Å². The van der Waals surface area contributed by atoms with E-state index < -0.39 is 12.7 Å². The highest BCUT2D eigenvalue weighted by Gasteiger charge is 2.49. The molecule has 3 aliphatic heterocycles. The average Bonchev–Trinajstić information content (AvgIpc) is 2.83. The summed E-state index contributed by atoms with van der Waals surface area (Å²) in [4.78, 5) is 6.40. The minimum Gasteiger partial charge on any atom is -0.329 e. The van der Waals surface area contributed by atoms with Crippen LogP contribution in [0, 0.1) is 5.92 Å². The van der Waals surface area contributed by atoms with Gasteiger partial charge in [-0.2, -0.15) is 13.2 Å². The quantitative estimate of drug-likeness (QED) is 0.828. The lowest BCUT2D eigenvalue weighted by atomic mass is 9.77. The zero-order valence-electron chi connectivity index (χ0n) is 12.4. The van der Waals surface area contributed by atoms with Gasteiger partial charge in [0, 0.05) is 44.8 Å². The number of piperidine rings is 1. The lowest BCUT2D eigenvalue weighted by molar-refractivity contribution is -0.152. The molecule has 0 amide bonds. The van der Waals surface area contributed by atoms with Crippen molar-refractivity contribution in [1.29, 1.82) is 0 Å². The van der Waals surface area contributed by atoms with Gasteiger partial charge >= 0.3 is 6.18 Å². The number of fused-ring (bicyclic) bond motifs is 2. The molecule has 2 bridgehead atoms. The van der Waals surface area contributed by atoms with Crippen LogP contribution in [0.4, 0.5) is 13.2 Å². The topological polar surface area (TPSA) is 35.7 Å². The summed E-state index contributed by atoms with van der Waals surface area (Å²) in [6.45, 7) is 5.61. The maximum Gasteiger partial charge on any atom is 0.401 e. The second-order valence-electron chi connectivity index (χ2n) is 6.72. The number of piperazine rings is 1. The van der Waals surface area contributed by atoms with Crippen LogP contribution in [0.3, 0.4) is 0 Å². The summed E-state index contributed by atoms with van der Waals surface area (Å²) in [7, 11) is 0. The van der Waals surface area contributed by atoms with Crippen LogP contribution < -0.4 is 5.73 Å². The second-order valence-corrected chi connectivity index (χ2v) is 6.72. The molecular weight excluding hydrogens is 281 g/mol. The third kappa shape index (κ3) is 3.06. The predicted molar refractivity (Wildman–Crippen MR) is 75.0 cm³/mol. The van der Waals surface area contributed by atoms with Crippen molar-refractivity contribution in [3.63, 3.8) is 0 Å². The van der Waals surface area contributed by atoms with Gasteiger partial charge in [0.1, 0.15) is 0 Å². The van der Waals surface area contributed by atoms with Gasteiger partial charge < -0.3 is 10.6 Å². The van der Waals surface area contributed by atoms with Crippen LogP contribution in [-0.2, 0) is 0 Å². The Morgan fingerprint density at radius 3 is 2.38 bits per heavy atom. The van der Waals surface area contributed by atoms with Crippen molar-refractivity contribution in [3.05, 3.63) is 0 Å². The Hall–Kier alpha value is -0.370. The molecule has 3 fully saturated rings. The first kappa shape index (κ1) is 15.5. The molecule has 3 rings (SSSR count). The highest BCUT2D eigenvalue weighted by Crippen LogP contribution is 2.39. The van der Waals surface area contributed by atoms with Crippen molar-refractivity contribution in [1.82, 2.24) is 14.7 Å². The van der Waals surface area contributed by atoms with Gasteiger partial charge in [-0.3, -0.25) is 9.80 Å². The molecule has 0 saturated carbocycles. The smallest absolute Gasteiger partial charge is 0.329 e. The molecule has 0 aromatic rings. The summed E-state index contributed by atoms with van der Waals surface area (Å²) in [5.74, 6) is 0.588. The Morgan fingerprint density at radius 2 is 1.76 bits per heavy atom. The molecular formula is C14H25F3N4. The van der Waals surface area contributed by atoms with Crippen LogP contribution in [0.1, 0.15) is 12.8 Å². The van der Waals surface area contributed by atoms with E-state index in [0.29, 0.717) is 38.6 Å². The molecule has 0 aromatic heterocycles. The highest BCUT2D eigenvalue weighted by atomic mass is 19.4. The lowest BCUT2D eigenvalue weighted by Gasteiger charge is -2.52. The van der Waals surface area contributed by atoms with Crippen molar-refractivity contribution in [2.24, 2.45) is 11.7 Å². The molecule has 3 aliphatic rings. The Labute approximate surface area is 124 Å². The highest BCUT2D eigenvalue weighted by molar-refractivity contribution is 5.06. The molecule has 0 aliphatic carbocycles. The number of halogens is 3. The largest absolute Gasteiger partial charge is 0.401 e. The molecule has 21 heavy (non-hydrogen) atoms. The van der Waals surface area contributed by atoms with Gasteiger partial charge in [0.2, 0.25) is 0 Å². The molecule has 3 unspecified atom stereocenters. The van der Waals surface area contributed by atoms with Gasteiger partial charge in [-0.05, 0) is 31.8 Å². The molecule has 4 nitrogen and oxygen atoms in total. The minimum atomic E-state index is -4.09. The molecule has 3 saturated heterocycles. The number of rotatable bonds is 3. The molecule has 3 atom stereocenters. The Bertz CT molecular complexity index is 368. The number of nitrogens with zero attached hydrogens (tertiary/aromatic N) is 3. The van der Waals surface area contributed by atoms with E-state index in [1.165, 1.54) is 11.3 Å². The third-order valence-corrected chi connectivity index (χ3v) is 5.65. The van der Waals surface area contributed by atoms with Crippen molar-refractivity contribution >= 4 is 0 Å². The lowest BCUT2D eigenvalue weighted by Crippen LogP contribution is -2.66. The van der Waals surface area contributed by atoms with Crippen LogP contribution in [0.25, 0.3) is 0 Å². The van der Waals surface area contributed by atoms with E-state index in [1.807, 2.05) is 0 Å². The van der Waals surface area contributed by atoms with Crippen molar-refractivity contribution < 1.29 is 13.2 Å². The van der Waals surface area contributed by atoms with Gasteiger partial charge in [0.15, 0.2) is 0 Å². The van der Waals surface area contributed by atoms with E-state index in [2.05, 4.69) is 9.80 Å². The molecule has 0 radical (unpaired) electrons. The zero-order chi connectivity index (χ0) is 15.1. The Morgan fingerprint density at radius 1 is 1.05 bits per heavy atom. The fraction of sp³-hybridized carbons (Fsp3) is 1.00. The first-order chi connectivity index (χ1) is 9.93. The number of hydrogen-bond acceptors (Lipinski definition) is 4. The van der Waals surface area contributed by atoms with Crippen LogP contribution in [0.5, 0.6) is 0 Å². The number of hydrogen-bond donors (Lipinski definition) is 1. The van der Waals surface area contributed by atoms with Gasteiger partial charge in [-0.15, -0.1) is 0 Å². The standard InChI is InChI=1S/C14H25F3N4/c15-14(16,17)11-20-5-7-21(8-6-20)13(10-18)2-4-19-3-1-12(13)9-19/h12H,1-11,18H2. The summed E-state index contributed by atoms with van der Waals surface area (Å²) in [6.07, 6.45) is -1.85. The fourth-order valence-corrected chi connectivity index (χ4v) is 4.45. The minimum absolute atomic E-state index is 0.0251. The van der Waals surface area contributed by atoms with E-state index in [1.54, 1.807) is 0 Å². The van der Waals surface area contributed by atoms with E-state index in [9.17, 15) is 13.2 Å². The molecule has 2 N–H and O–H groups in total. The maximum absolute atomic E-state index is 12.5. The number of nitrogens with two attached hydrogens (primary N) is 1. The molecule has 0 aromatic carbocycles. The Kier molecular flexibility index (Phi) is 4.20. The summed E-state index contributed by atoms with van der Waals surface area (Å²) in [5.41, 5.74) is 6.16. The predicted octanol–water partition coefficient (Wildman–Crippen LogP) is 0.589. The summed E-state index contributed by atoms with van der Waals surface area (Å²) >= 11 is 0. The fourth-order valence-electron chi connectivity index (χ4n) is 4.45. The summed E-state index contributed by atoms with van der Waals surface area (Å²) in [6, 6.07) is 0. The van der Waals surface area contributed by atoms with Gasteiger partial charge in [0.25, 0.3) is 0 Å². The van der Waals surface area contributed by atoms with Crippen molar-refractivity contribution in [2.45, 2.75) is 24.6 Å². The van der Waals surface area contributed by atoms with Crippen LogP contribution in [0.15, 0.2) is 0 Å². The van der Waals surface area contributed by atoms with E-state index >= 15 is 0 Å². The monoisotopic (exact) mass is 306 g/mol. The summed E-state index contributed by atoms with van der Waals surface area (Å²) in [5, 5.41) is 0. The third-order valence-electron chi connectivity index (χ3n) is 5.65. The van der Waals surface area contributed by atoms with E-state index in [-0.39, 0.29) is 5.54 Å². The first-order valence-corrected chi connectivity index (χ1v) is 7.89. The average molecular weight is 306 g/mol. The molecule has 0 spiro atoms. The number of alkyl halides is 3.